The quantitative estimate of drug-likeness (QED) is 0.687. The van der Waals surface area contributed by atoms with Gasteiger partial charge in [-0.2, -0.15) is 0 Å². The van der Waals surface area contributed by atoms with Gasteiger partial charge in [-0.1, -0.05) is 18.2 Å². The van der Waals surface area contributed by atoms with Crippen LogP contribution >= 0.6 is 0 Å². The van der Waals surface area contributed by atoms with Gasteiger partial charge in [-0.25, -0.2) is 4.79 Å². The van der Waals surface area contributed by atoms with Gasteiger partial charge in [-0.3, -0.25) is 14.9 Å². The summed E-state index contributed by atoms with van der Waals surface area (Å²) in [7, 11) is 1.56. The van der Waals surface area contributed by atoms with E-state index in [1.54, 1.807) is 7.11 Å². The average molecular weight is 291 g/mol. The van der Waals surface area contributed by atoms with Gasteiger partial charge < -0.3 is 15.4 Å². The van der Waals surface area contributed by atoms with Crippen molar-refractivity contribution in [1.29, 1.82) is 0 Å². The van der Waals surface area contributed by atoms with Crippen molar-refractivity contribution in [2.24, 2.45) is 0 Å². The fourth-order valence-corrected chi connectivity index (χ4v) is 2.19. The number of amides is 4. The molecule has 1 heterocycles. The van der Waals surface area contributed by atoms with Gasteiger partial charge in [0, 0.05) is 5.56 Å². The molecule has 1 fully saturated rings. The van der Waals surface area contributed by atoms with Gasteiger partial charge in [-0.05, 0) is 13.0 Å². The maximum Gasteiger partial charge on any atom is 0.322 e. The molecule has 2 unspecified atom stereocenters. The minimum atomic E-state index is -0.817. The largest absolute Gasteiger partial charge is 0.496 e. The van der Waals surface area contributed by atoms with Crippen LogP contribution in [-0.2, 0) is 9.59 Å². The smallest absolute Gasteiger partial charge is 0.322 e. The van der Waals surface area contributed by atoms with Gasteiger partial charge in [0.2, 0.25) is 5.91 Å². The van der Waals surface area contributed by atoms with E-state index >= 15 is 0 Å². The number of methoxy groups -OCH3 is 1. The highest BCUT2D eigenvalue weighted by molar-refractivity contribution is 6.05. The maximum absolute atomic E-state index is 12.0. The molecule has 112 valence electrons. The van der Waals surface area contributed by atoms with E-state index in [1.807, 2.05) is 31.2 Å². The van der Waals surface area contributed by atoms with Crippen LogP contribution in [0.5, 0.6) is 5.75 Å². The summed E-state index contributed by atoms with van der Waals surface area (Å²) in [5, 5.41) is 7.25. The zero-order valence-electron chi connectivity index (χ0n) is 11.8. The van der Waals surface area contributed by atoms with Gasteiger partial charge in [0.15, 0.2) is 0 Å². The molecule has 1 aromatic carbocycles. The molecule has 1 aliphatic rings. The van der Waals surface area contributed by atoms with Crippen LogP contribution in [0.2, 0.25) is 0 Å². The average Bonchev–Trinajstić information content (AvgIpc) is 2.76. The van der Waals surface area contributed by atoms with E-state index in [0.29, 0.717) is 5.75 Å². The van der Waals surface area contributed by atoms with Crippen molar-refractivity contribution in [3.63, 3.8) is 0 Å². The second-order valence-electron chi connectivity index (χ2n) is 4.75. The Labute approximate surface area is 122 Å². The van der Waals surface area contributed by atoms with Gasteiger partial charge >= 0.3 is 6.03 Å². The lowest BCUT2D eigenvalue weighted by molar-refractivity contribution is -0.126. The summed E-state index contributed by atoms with van der Waals surface area (Å²) in [5.74, 6) is -0.131. The SMILES string of the molecule is COc1ccccc1C(C)NC(=O)CC1NC(=O)NC1=O. The second kappa shape index (κ2) is 6.25. The number of carbonyl (C=O) groups excluding carboxylic acids is 3. The lowest BCUT2D eigenvalue weighted by Gasteiger charge is -2.18. The normalized spacial score (nSPS) is 18.7. The summed E-state index contributed by atoms with van der Waals surface area (Å²) in [5.41, 5.74) is 0.841. The standard InChI is InChI=1S/C14H17N3O4/c1-8(9-5-3-4-6-11(9)21-2)15-12(18)7-10-13(19)17-14(20)16-10/h3-6,8,10H,7H2,1-2H3,(H,15,18)(H2,16,17,19,20). The first-order valence-electron chi connectivity index (χ1n) is 6.55. The number of hydrogen-bond acceptors (Lipinski definition) is 4. The van der Waals surface area contributed by atoms with E-state index in [0.717, 1.165) is 5.56 Å². The highest BCUT2D eigenvalue weighted by atomic mass is 16.5. The predicted molar refractivity (Wildman–Crippen MR) is 74.6 cm³/mol. The number of hydrogen-bond donors (Lipinski definition) is 3. The van der Waals surface area contributed by atoms with E-state index in [9.17, 15) is 14.4 Å². The van der Waals surface area contributed by atoms with Crippen LogP contribution in [0.15, 0.2) is 24.3 Å². The third kappa shape index (κ3) is 3.50. The van der Waals surface area contributed by atoms with Gasteiger partial charge in [0.05, 0.1) is 19.6 Å². The van der Waals surface area contributed by atoms with Crippen molar-refractivity contribution in [2.75, 3.05) is 7.11 Å². The van der Waals surface area contributed by atoms with E-state index in [4.69, 9.17) is 4.74 Å². The molecule has 1 aliphatic heterocycles. The number of benzene rings is 1. The summed E-state index contributed by atoms with van der Waals surface area (Å²) in [4.78, 5) is 34.3. The molecular formula is C14H17N3O4. The Balaban J connectivity index is 1.96. The number of ether oxygens (including phenoxy) is 1. The van der Waals surface area contributed by atoms with Crippen LogP contribution in [0.1, 0.15) is 24.9 Å². The summed E-state index contributed by atoms with van der Waals surface area (Å²) in [6.07, 6.45) is -0.100. The first-order chi connectivity index (χ1) is 10.0. The fourth-order valence-electron chi connectivity index (χ4n) is 2.19. The zero-order chi connectivity index (χ0) is 15.4. The molecule has 3 N–H and O–H groups in total. The lowest BCUT2D eigenvalue weighted by Crippen LogP contribution is -2.37. The number of imide groups is 1. The van der Waals surface area contributed by atoms with Gasteiger partial charge in [0.1, 0.15) is 11.8 Å². The third-order valence-electron chi connectivity index (χ3n) is 3.23. The van der Waals surface area contributed by atoms with Crippen molar-refractivity contribution in [3.05, 3.63) is 29.8 Å². The Hall–Kier alpha value is -2.57. The maximum atomic E-state index is 12.0. The number of nitrogens with one attached hydrogen (secondary N) is 3. The minimum Gasteiger partial charge on any atom is -0.496 e. The predicted octanol–water partition coefficient (Wildman–Crippen LogP) is 0.470. The number of rotatable bonds is 5. The van der Waals surface area contributed by atoms with Crippen LogP contribution in [0.4, 0.5) is 4.79 Å². The Kier molecular flexibility index (Phi) is 4.42. The molecule has 4 amide bonds. The van der Waals surface area contributed by atoms with Crippen LogP contribution in [-0.4, -0.2) is 31.0 Å². The van der Waals surface area contributed by atoms with Crippen molar-refractivity contribution >= 4 is 17.8 Å². The highest BCUT2D eigenvalue weighted by Crippen LogP contribution is 2.24. The van der Waals surface area contributed by atoms with Crippen LogP contribution in [0, 0.1) is 0 Å². The van der Waals surface area contributed by atoms with E-state index in [-0.39, 0.29) is 18.4 Å². The molecule has 2 atom stereocenters. The molecule has 0 spiro atoms. The molecule has 2 rings (SSSR count). The van der Waals surface area contributed by atoms with Gasteiger partial charge in [-0.15, -0.1) is 0 Å². The molecule has 0 radical (unpaired) electrons. The third-order valence-corrected chi connectivity index (χ3v) is 3.23. The van der Waals surface area contributed by atoms with Crippen LogP contribution < -0.4 is 20.7 Å². The second-order valence-corrected chi connectivity index (χ2v) is 4.75. The zero-order valence-corrected chi connectivity index (χ0v) is 11.8. The van der Waals surface area contributed by atoms with Crippen LogP contribution in [0.3, 0.4) is 0 Å². The number of carbonyl (C=O) groups is 3. The topological polar surface area (TPSA) is 96.5 Å². The first kappa shape index (κ1) is 14.8. The Morgan fingerprint density at radius 2 is 2.10 bits per heavy atom. The molecule has 1 saturated heterocycles. The summed E-state index contributed by atoms with van der Waals surface area (Å²) < 4.78 is 5.24. The molecule has 0 bridgehead atoms. The van der Waals surface area contributed by atoms with Gasteiger partial charge in [0.25, 0.3) is 5.91 Å². The van der Waals surface area contributed by atoms with Crippen molar-refractivity contribution in [1.82, 2.24) is 16.0 Å². The van der Waals surface area contributed by atoms with Crippen LogP contribution in [0.25, 0.3) is 0 Å². The molecule has 7 nitrogen and oxygen atoms in total. The summed E-state index contributed by atoms with van der Waals surface area (Å²) in [6.45, 7) is 1.82. The first-order valence-corrected chi connectivity index (χ1v) is 6.55. The Morgan fingerprint density at radius 1 is 1.38 bits per heavy atom. The molecule has 0 aliphatic carbocycles. The molecular weight excluding hydrogens is 274 g/mol. The molecule has 21 heavy (non-hydrogen) atoms. The number of para-hydroxylation sites is 1. The van der Waals surface area contributed by atoms with E-state index in [2.05, 4.69) is 16.0 Å². The summed E-state index contributed by atoms with van der Waals surface area (Å²) in [6, 6.07) is 5.70. The Bertz CT molecular complexity index is 573. The van der Waals surface area contributed by atoms with E-state index < -0.39 is 18.0 Å². The molecule has 7 heteroatoms. The van der Waals surface area contributed by atoms with Crippen molar-refractivity contribution in [2.45, 2.75) is 25.4 Å². The van der Waals surface area contributed by atoms with E-state index in [1.165, 1.54) is 0 Å². The lowest BCUT2D eigenvalue weighted by atomic mass is 10.1. The summed E-state index contributed by atoms with van der Waals surface area (Å²) >= 11 is 0. The Morgan fingerprint density at radius 3 is 2.71 bits per heavy atom. The van der Waals surface area contributed by atoms with Crippen molar-refractivity contribution < 1.29 is 19.1 Å². The van der Waals surface area contributed by atoms with Crippen molar-refractivity contribution in [3.8, 4) is 5.75 Å². The minimum absolute atomic E-state index is 0.100. The highest BCUT2D eigenvalue weighted by Gasteiger charge is 2.31. The molecule has 0 aromatic heterocycles. The monoisotopic (exact) mass is 291 g/mol. The fraction of sp³-hybridized carbons (Fsp3) is 0.357. The molecule has 0 saturated carbocycles. The molecule has 1 aromatic rings. The number of urea groups is 1.